The first-order chi connectivity index (χ1) is 15.8. The number of nitrogens with zero attached hydrogens (tertiary/aromatic N) is 1. The SMILES string of the molecule is COc1ccc(-c2c(C)oc3c4c(ccc3c2=O)OCN([C@H]2CCS(=O)(=O)C2)C4)cc1OC. The van der Waals surface area contributed by atoms with Gasteiger partial charge in [0, 0.05) is 12.6 Å². The summed E-state index contributed by atoms with van der Waals surface area (Å²) in [6.45, 7) is 2.54. The predicted octanol–water partition coefficient (Wildman–Crippen LogP) is 3.12. The Morgan fingerprint density at radius 2 is 1.88 bits per heavy atom. The van der Waals surface area contributed by atoms with Crippen molar-refractivity contribution in [2.45, 2.75) is 25.9 Å². The summed E-state index contributed by atoms with van der Waals surface area (Å²) in [7, 11) is 0.0898. The fourth-order valence-corrected chi connectivity index (χ4v) is 6.48. The highest BCUT2D eigenvalue weighted by Gasteiger charge is 2.35. The number of hydrogen-bond acceptors (Lipinski definition) is 8. The van der Waals surface area contributed by atoms with Crippen molar-refractivity contribution in [1.29, 1.82) is 0 Å². The van der Waals surface area contributed by atoms with Gasteiger partial charge in [-0.05, 0) is 43.2 Å². The lowest BCUT2D eigenvalue weighted by Gasteiger charge is -2.33. The van der Waals surface area contributed by atoms with Gasteiger partial charge in [0.2, 0.25) is 5.43 Å². The maximum atomic E-state index is 13.5. The Bertz CT molecular complexity index is 1410. The van der Waals surface area contributed by atoms with Gasteiger partial charge in [0.1, 0.15) is 23.8 Å². The zero-order chi connectivity index (χ0) is 23.3. The second-order valence-electron chi connectivity index (χ2n) is 8.43. The second-order valence-corrected chi connectivity index (χ2v) is 10.7. The Hall–Kier alpha value is -3.04. The minimum absolute atomic E-state index is 0.0998. The Balaban J connectivity index is 1.59. The lowest BCUT2D eigenvalue weighted by atomic mass is 10.00. The molecule has 0 unspecified atom stereocenters. The van der Waals surface area contributed by atoms with Crippen LogP contribution in [0, 0.1) is 6.92 Å². The second kappa shape index (κ2) is 8.07. The minimum atomic E-state index is -3.02. The standard InChI is InChI=1S/C24H25NO7S/c1-14-22(15-4-6-20(29-2)21(10-15)30-3)23(26)17-5-7-19-18(24(17)32-14)11-25(13-31-19)16-8-9-33(27,28)12-16/h4-7,10,16H,8-9,11-13H2,1-3H3/t16-/m0/s1. The molecule has 9 heteroatoms. The molecule has 3 heterocycles. The van der Waals surface area contributed by atoms with Crippen LogP contribution in [0.4, 0.5) is 0 Å². The smallest absolute Gasteiger partial charge is 0.200 e. The third-order valence-corrected chi connectivity index (χ3v) is 8.19. The number of ether oxygens (including phenoxy) is 3. The number of fused-ring (bicyclic) bond motifs is 3. The van der Waals surface area contributed by atoms with E-state index in [-0.39, 0.29) is 23.0 Å². The van der Waals surface area contributed by atoms with E-state index in [4.69, 9.17) is 18.6 Å². The Morgan fingerprint density at radius 3 is 2.58 bits per heavy atom. The normalized spacial score (nSPS) is 19.8. The lowest BCUT2D eigenvalue weighted by Crippen LogP contribution is -2.41. The van der Waals surface area contributed by atoms with Crippen LogP contribution in [0.5, 0.6) is 17.2 Å². The predicted molar refractivity (Wildman–Crippen MR) is 124 cm³/mol. The molecule has 0 radical (unpaired) electrons. The van der Waals surface area contributed by atoms with Crippen LogP contribution in [0.1, 0.15) is 17.7 Å². The average Bonchev–Trinajstić information content (AvgIpc) is 3.18. The summed E-state index contributed by atoms with van der Waals surface area (Å²) >= 11 is 0. The topological polar surface area (TPSA) is 95.3 Å². The molecule has 5 rings (SSSR count). The Morgan fingerprint density at radius 1 is 1.09 bits per heavy atom. The van der Waals surface area contributed by atoms with Gasteiger partial charge in [0.25, 0.3) is 0 Å². The lowest BCUT2D eigenvalue weighted by molar-refractivity contribution is 0.0649. The van der Waals surface area contributed by atoms with E-state index in [9.17, 15) is 13.2 Å². The molecule has 2 aliphatic heterocycles. The van der Waals surface area contributed by atoms with E-state index in [1.807, 2.05) is 4.90 Å². The zero-order valence-electron chi connectivity index (χ0n) is 18.7. The highest BCUT2D eigenvalue weighted by Crippen LogP contribution is 2.37. The van der Waals surface area contributed by atoms with Crippen molar-refractivity contribution in [3.63, 3.8) is 0 Å². The van der Waals surface area contributed by atoms with Gasteiger partial charge in [-0.2, -0.15) is 0 Å². The summed E-state index contributed by atoms with van der Waals surface area (Å²) in [5, 5.41) is 0.452. The van der Waals surface area contributed by atoms with Gasteiger partial charge < -0.3 is 18.6 Å². The van der Waals surface area contributed by atoms with Crippen LogP contribution in [0.15, 0.2) is 39.5 Å². The molecule has 174 valence electrons. The number of rotatable bonds is 4. The molecule has 0 N–H and O–H groups in total. The minimum Gasteiger partial charge on any atom is -0.493 e. The number of methoxy groups -OCH3 is 2. The van der Waals surface area contributed by atoms with Crippen molar-refractivity contribution < 1.29 is 27.0 Å². The van der Waals surface area contributed by atoms with Crippen LogP contribution < -0.4 is 19.6 Å². The molecule has 0 spiro atoms. The first-order valence-electron chi connectivity index (χ1n) is 10.7. The van der Waals surface area contributed by atoms with Gasteiger partial charge >= 0.3 is 0 Å². The third-order valence-electron chi connectivity index (χ3n) is 6.44. The molecule has 1 atom stereocenters. The van der Waals surface area contributed by atoms with E-state index in [0.717, 1.165) is 5.56 Å². The first kappa shape index (κ1) is 21.8. The molecule has 1 fully saturated rings. The molecular weight excluding hydrogens is 446 g/mol. The van der Waals surface area contributed by atoms with Gasteiger partial charge in [-0.25, -0.2) is 8.42 Å². The maximum absolute atomic E-state index is 13.5. The van der Waals surface area contributed by atoms with Gasteiger partial charge in [-0.3, -0.25) is 9.69 Å². The molecule has 2 aromatic carbocycles. The molecule has 0 aliphatic carbocycles. The summed E-state index contributed by atoms with van der Waals surface area (Å²) in [6.07, 6.45) is 0.582. The van der Waals surface area contributed by atoms with Crippen LogP contribution in [0.2, 0.25) is 0 Å². The first-order valence-corrected chi connectivity index (χ1v) is 12.5. The number of hydrogen-bond donors (Lipinski definition) is 0. The van der Waals surface area contributed by atoms with Crippen molar-refractivity contribution >= 4 is 20.8 Å². The van der Waals surface area contributed by atoms with Crippen molar-refractivity contribution in [2.24, 2.45) is 0 Å². The number of benzene rings is 2. The molecule has 1 aromatic heterocycles. The van der Waals surface area contributed by atoms with Gasteiger partial charge in [-0.1, -0.05) is 6.07 Å². The van der Waals surface area contributed by atoms with E-state index < -0.39 is 9.84 Å². The summed E-state index contributed by atoms with van der Waals surface area (Å²) in [5.41, 5.74) is 2.22. The fraction of sp³-hybridized carbons (Fsp3) is 0.375. The quantitative estimate of drug-likeness (QED) is 0.573. The molecule has 33 heavy (non-hydrogen) atoms. The van der Waals surface area contributed by atoms with Gasteiger partial charge in [0.15, 0.2) is 21.3 Å². The molecule has 3 aromatic rings. The molecule has 0 bridgehead atoms. The summed E-state index contributed by atoms with van der Waals surface area (Å²) in [6, 6.07) is 8.72. The number of sulfone groups is 1. The molecular formula is C24H25NO7S. The van der Waals surface area contributed by atoms with Crippen LogP contribution in [0.3, 0.4) is 0 Å². The van der Waals surface area contributed by atoms with Crippen molar-refractivity contribution in [2.75, 3.05) is 32.5 Å². The fourth-order valence-electron chi connectivity index (χ4n) is 4.71. The summed E-state index contributed by atoms with van der Waals surface area (Å²) in [5.74, 6) is 2.55. The van der Waals surface area contributed by atoms with Gasteiger partial charge in [0.05, 0.1) is 42.2 Å². The largest absolute Gasteiger partial charge is 0.493 e. The molecule has 8 nitrogen and oxygen atoms in total. The van der Waals surface area contributed by atoms with E-state index in [0.29, 0.717) is 64.8 Å². The van der Waals surface area contributed by atoms with Crippen molar-refractivity contribution in [3.8, 4) is 28.4 Å². The molecule has 0 saturated carbocycles. The van der Waals surface area contributed by atoms with Crippen LogP contribution in [-0.2, 0) is 16.4 Å². The van der Waals surface area contributed by atoms with E-state index >= 15 is 0 Å². The Kier molecular flexibility index (Phi) is 5.33. The highest BCUT2D eigenvalue weighted by atomic mass is 32.2. The van der Waals surface area contributed by atoms with E-state index in [1.165, 1.54) is 0 Å². The Labute approximate surface area is 191 Å². The zero-order valence-corrected chi connectivity index (χ0v) is 19.5. The van der Waals surface area contributed by atoms with Crippen molar-refractivity contribution in [1.82, 2.24) is 4.90 Å². The van der Waals surface area contributed by atoms with E-state index in [2.05, 4.69) is 0 Å². The summed E-state index contributed by atoms with van der Waals surface area (Å²) < 4.78 is 46.7. The monoisotopic (exact) mass is 471 g/mol. The third kappa shape index (κ3) is 3.75. The van der Waals surface area contributed by atoms with Crippen LogP contribution >= 0.6 is 0 Å². The average molecular weight is 472 g/mol. The molecule has 1 saturated heterocycles. The van der Waals surface area contributed by atoms with Crippen LogP contribution in [-0.4, -0.2) is 51.8 Å². The van der Waals surface area contributed by atoms with Gasteiger partial charge in [-0.15, -0.1) is 0 Å². The van der Waals surface area contributed by atoms with Crippen LogP contribution in [0.25, 0.3) is 22.1 Å². The highest BCUT2D eigenvalue weighted by molar-refractivity contribution is 7.91. The summed E-state index contributed by atoms with van der Waals surface area (Å²) in [4.78, 5) is 15.6. The number of aryl methyl sites for hydroxylation is 1. The maximum Gasteiger partial charge on any atom is 0.200 e. The van der Waals surface area contributed by atoms with E-state index in [1.54, 1.807) is 51.5 Å². The molecule has 2 aliphatic rings. The van der Waals surface area contributed by atoms with Crippen molar-refractivity contribution in [3.05, 3.63) is 51.9 Å². The molecule has 0 amide bonds.